The van der Waals surface area contributed by atoms with Gasteiger partial charge in [0, 0.05) is 38.8 Å². The van der Waals surface area contributed by atoms with Gasteiger partial charge in [0.05, 0.1) is 0 Å². The van der Waals surface area contributed by atoms with Crippen molar-refractivity contribution in [2.45, 2.75) is 56.4 Å². The molecule has 1 heterocycles. The minimum absolute atomic E-state index is 0.206. The maximum atomic E-state index is 11.1. The van der Waals surface area contributed by atoms with E-state index in [9.17, 15) is 9.59 Å². The zero-order valence-electron chi connectivity index (χ0n) is 12.4. The average Bonchev–Trinajstić information content (AvgIpc) is 2.18. The van der Waals surface area contributed by atoms with Crippen LogP contribution in [0.2, 0.25) is 0 Å². The first-order valence-corrected chi connectivity index (χ1v) is 7.47. The predicted octanol–water partition coefficient (Wildman–Crippen LogP) is 1.87. The van der Waals surface area contributed by atoms with E-state index in [2.05, 4.69) is 30.2 Å². The molecule has 1 unspecified atom stereocenters. The number of hydrogen-bond donors (Lipinski definition) is 2. The van der Waals surface area contributed by atoms with Crippen LogP contribution in [-0.2, 0) is 19.1 Å². The van der Waals surface area contributed by atoms with Crippen LogP contribution in [0.1, 0.15) is 40.5 Å². The molecule has 0 aliphatic carbocycles. The lowest BCUT2D eigenvalue weighted by molar-refractivity contribution is -0.154. The number of hydrogen-bond acceptors (Lipinski definition) is 7. The lowest BCUT2D eigenvalue weighted by atomic mass is 9.88. The van der Waals surface area contributed by atoms with Gasteiger partial charge in [0.25, 0.3) is 0 Å². The topological polar surface area (TPSA) is 55.8 Å². The minimum Gasteiger partial charge on any atom is -0.465 e. The summed E-state index contributed by atoms with van der Waals surface area (Å²) in [5.41, 5.74) is -0.262. The van der Waals surface area contributed by atoms with Gasteiger partial charge in [-0.2, -0.15) is 0 Å². The summed E-state index contributed by atoms with van der Waals surface area (Å²) in [6, 6.07) is 0. The maximum Gasteiger partial charge on any atom is 0.302 e. The molecule has 1 aliphatic heterocycles. The number of likely N-dealkylation sites (tertiary alicyclic amines) is 1. The number of nitrogens with zero attached hydrogens (tertiary/aromatic N) is 1. The van der Waals surface area contributed by atoms with Crippen LogP contribution in [0.5, 0.6) is 0 Å². The monoisotopic (exact) mass is 321 g/mol. The van der Waals surface area contributed by atoms with Gasteiger partial charge in [-0.05, 0) is 13.8 Å². The number of carbonyl (C=O) groups excluding carboxylic acids is 2. The van der Waals surface area contributed by atoms with Crippen LogP contribution in [0.25, 0.3) is 0 Å². The summed E-state index contributed by atoms with van der Waals surface area (Å²) in [5, 5.41) is 0. The summed E-state index contributed by atoms with van der Waals surface area (Å²) >= 11 is 9.18. The second-order valence-corrected chi connectivity index (χ2v) is 7.55. The smallest absolute Gasteiger partial charge is 0.302 e. The number of carbonyl (C=O) groups is 2. The number of ether oxygens (including phenoxy) is 2. The molecule has 0 amide bonds. The summed E-state index contributed by atoms with van der Waals surface area (Å²) < 4.78 is 9.57. The van der Waals surface area contributed by atoms with Crippen LogP contribution in [0, 0.1) is 0 Å². The van der Waals surface area contributed by atoms with Crippen molar-refractivity contribution in [1.29, 1.82) is 0 Å². The molecule has 5 nitrogen and oxygen atoms in total. The molecule has 0 aromatic carbocycles. The molecule has 0 radical (unpaired) electrons. The Morgan fingerprint density at radius 3 is 2.25 bits per heavy atom. The Hall–Kier alpha value is -0.400. The van der Waals surface area contributed by atoms with Gasteiger partial charge in [0.15, 0.2) is 0 Å². The largest absolute Gasteiger partial charge is 0.465 e. The van der Waals surface area contributed by atoms with Gasteiger partial charge in [-0.25, -0.2) is 0 Å². The van der Waals surface area contributed by atoms with Crippen molar-refractivity contribution in [3.63, 3.8) is 0 Å². The standard InChI is InChI=1S/C13H23NO4S2/c1-9(15)17-6-5-14-12(3,4)7-11(18-10(2)16)8-13(14,19)20/h11,19-20H,5-8H2,1-4H3. The molecule has 1 fully saturated rings. The van der Waals surface area contributed by atoms with E-state index in [0.717, 1.165) is 0 Å². The summed E-state index contributed by atoms with van der Waals surface area (Å²) in [7, 11) is 0. The molecule has 0 aromatic heterocycles. The number of esters is 2. The fraction of sp³-hybridized carbons (Fsp3) is 0.846. The summed E-state index contributed by atoms with van der Waals surface area (Å²) in [6.45, 7) is 7.69. The predicted molar refractivity (Wildman–Crippen MR) is 82.9 cm³/mol. The lowest BCUT2D eigenvalue weighted by Gasteiger charge is -2.53. The third kappa shape index (κ3) is 4.86. The molecule has 1 saturated heterocycles. The Kier molecular flexibility index (Phi) is 5.80. The molecule has 0 aromatic rings. The van der Waals surface area contributed by atoms with Gasteiger partial charge in [-0.15, -0.1) is 25.3 Å². The maximum absolute atomic E-state index is 11.1. The fourth-order valence-electron chi connectivity index (χ4n) is 2.72. The molecule has 7 heteroatoms. The molecule has 0 saturated carbocycles. The lowest BCUT2D eigenvalue weighted by Crippen LogP contribution is -2.61. The van der Waals surface area contributed by atoms with Crippen molar-refractivity contribution in [3.05, 3.63) is 0 Å². The molecule has 1 atom stereocenters. The SMILES string of the molecule is CC(=O)OCCN1C(C)(C)CC(OC(C)=O)CC1(S)S. The van der Waals surface area contributed by atoms with Crippen molar-refractivity contribution in [2.24, 2.45) is 0 Å². The van der Waals surface area contributed by atoms with E-state index in [4.69, 9.17) is 9.47 Å². The van der Waals surface area contributed by atoms with Crippen LogP contribution in [0.4, 0.5) is 0 Å². The van der Waals surface area contributed by atoms with E-state index in [-0.39, 0.29) is 23.6 Å². The minimum atomic E-state index is -0.720. The van der Waals surface area contributed by atoms with Gasteiger partial charge in [0.2, 0.25) is 0 Å². The van der Waals surface area contributed by atoms with Crippen molar-refractivity contribution in [1.82, 2.24) is 4.90 Å². The zero-order valence-corrected chi connectivity index (χ0v) is 14.2. The highest BCUT2D eigenvalue weighted by molar-refractivity contribution is 8.00. The van der Waals surface area contributed by atoms with Gasteiger partial charge < -0.3 is 9.47 Å². The molecular formula is C13H23NO4S2. The first-order chi connectivity index (χ1) is 9.04. The fourth-order valence-corrected chi connectivity index (χ4v) is 3.87. The first kappa shape index (κ1) is 17.7. The number of piperidine rings is 1. The third-order valence-electron chi connectivity index (χ3n) is 3.34. The van der Waals surface area contributed by atoms with E-state index in [0.29, 0.717) is 26.0 Å². The van der Waals surface area contributed by atoms with Crippen LogP contribution in [0.3, 0.4) is 0 Å². The molecule has 20 heavy (non-hydrogen) atoms. The van der Waals surface area contributed by atoms with Crippen molar-refractivity contribution < 1.29 is 19.1 Å². The number of thiol groups is 2. The molecule has 0 N–H and O–H groups in total. The molecule has 0 bridgehead atoms. The number of rotatable bonds is 4. The van der Waals surface area contributed by atoms with E-state index in [1.54, 1.807) is 0 Å². The van der Waals surface area contributed by atoms with Crippen molar-refractivity contribution in [2.75, 3.05) is 13.2 Å². The van der Waals surface area contributed by atoms with E-state index in [1.165, 1.54) is 13.8 Å². The van der Waals surface area contributed by atoms with Gasteiger partial charge in [0.1, 0.15) is 16.9 Å². The van der Waals surface area contributed by atoms with Gasteiger partial charge in [-0.1, -0.05) is 0 Å². The Bertz CT molecular complexity index is 367. The third-order valence-corrected chi connectivity index (χ3v) is 4.19. The highest BCUT2D eigenvalue weighted by Gasteiger charge is 2.47. The Morgan fingerprint density at radius 2 is 1.80 bits per heavy atom. The summed E-state index contributed by atoms with van der Waals surface area (Å²) in [4.78, 5) is 24.0. The highest BCUT2D eigenvalue weighted by Crippen LogP contribution is 2.44. The molecule has 0 spiro atoms. The average molecular weight is 321 g/mol. The summed E-state index contributed by atoms with van der Waals surface area (Å²) in [6.07, 6.45) is 1.00. The zero-order chi connectivity index (χ0) is 15.6. The first-order valence-electron chi connectivity index (χ1n) is 6.58. The van der Waals surface area contributed by atoms with Crippen LogP contribution >= 0.6 is 25.3 Å². The Balaban J connectivity index is 2.74. The van der Waals surface area contributed by atoms with Crippen LogP contribution in [-0.4, -0.2) is 45.8 Å². The highest BCUT2D eigenvalue weighted by atomic mass is 32.2. The Labute approximate surface area is 131 Å². The quantitative estimate of drug-likeness (QED) is 0.470. The normalized spacial score (nSPS) is 25.0. The van der Waals surface area contributed by atoms with Crippen LogP contribution in [0.15, 0.2) is 0 Å². The van der Waals surface area contributed by atoms with Crippen molar-refractivity contribution >= 4 is 37.2 Å². The van der Waals surface area contributed by atoms with E-state index < -0.39 is 4.20 Å². The van der Waals surface area contributed by atoms with Crippen LogP contribution < -0.4 is 0 Å². The van der Waals surface area contributed by atoms with Gasteiger partial charge in [-0.3, -0.25) is 14.5 Å². The molecule has 1 aliphatic rings. The van der Waals surface area contributed by atoms with Gasteiger partial charge >= 0.3 is 11.9 Å². The molecular weight excluding hydrogens is 298 g/mol. The molecule has 1 rings (SSSR count). The second kappa shape index (κ2) is 6.58. The Morgan fingerprint density at radius 1 is 1.20 bits per heavy atom. The van der Waals surface area contributed by atoms with E-state index >= 15 is 0 Å². The molecule has 116 valence electrons. The van der Waals surface area contributed by atoms with Crippen molar-refractivity contribution in [3.8, 4) is 0 Å². The second-order valence-electron chi connectivity index (χ2n) is 5.72. The van der Waals surface area contributed by atoms with E-state index in [1.807, 2.05) is 13.8 Å². The summed E-state index contributed by atoms with van der Waals surface area (Å²) in [5.74, 6) is -0.599.